The third-order valence-corrected chi connectivity index (χ3v) is 23.2. The molecule has 0 saturated carbocycles. The van der Waals surface area contributed by atoms with E-state index in [4.69, 9.17) is 18.5 Å². The number of carbonyl (C=O) groups excluding carboxylic acids is 7. The second-order valence-electron chi connectivity index (χ2n) is 47.7. The van der Waals surface area contributed by atoms with Crippen molar-refractivity contribution in [1.29, 1.82) is 0 Å². The molecular weight excluding hydrogens is 1980 g/mol. The van der Waals surface area contributed by atoms with Crippen LogP contribution in [0.25, 0.3) is 0 Å². The van der Waals surface area contributed by atoms with Crippen LogP contribution in [0.5, 0.6) is 0 Å². The number of phosphoric ester groups is 1. The molecule has 24 heteroatoms. The molecule has 1 amide bonds. The minimum absolute atomic E-state index is 0.00704. The van der Waals surface area contributed by atoms with E-state index in [1.807, 2.05) is 212 Å². The molecule has 0 aromatic carbocycles. The average Bonchev–Trinajstić information content (AvgIpc) is 0.913. The van der Waals surface area contributed by atoms with E-state index in [0.717, 1.165) is 46.2 Å². The maximum absolute atomic E-state index is 11.2. The van der Waals surface area contributed by atoms with Crippen molar-refractivity contribution in [1.82, 2.24) is 10.6 Å². The predicted molar refractivity (Wildman–Crippen MR) is 673 cm³/mol. The summed E-state index contributed by atoms with van der Waals surface area (Å²) in [4.78, 5) is 98.4. The molecule has 0 aliphatic carbocycles. The standard InChI is InChI=1S/C9H18O.2C9H16O.C9H18.C8H16O.2C8H16.C8H14.C7H15NO.C7H14O2.C7H14O.C6H15N.C6H15O4P.C6H15O3PS.C6H14O.C6H14S2.C6H14S/c3*1-7(2)5-6-9(10)8(3)4;1-8(2)6-5-7-9(3)4;1-6(2)5-8(9)7(3)4;3*1-7(2)5-6-8(3)4;1-5(2)7(9)8-6(3)4;1-5(2)7(8)9-6(3)4;1-5(2)7(8)6(3)4;1-5(2)7-6(3)4;1-5(2)9-11(7,8)10-6(3)4;1-5(2)8-10(7,11)9-6(3)4;1-5(2)7-6(3)4;1-5(2)7-8-6(3)4;1-5(2)7-6(3)4/h7-8H,5-6H2,1-4H3;2*5-8H,1-4H3;5-6,8-9H,7H2,1-4H3;6-7H,5H2,1-4H3;2*5-8H,1-4H3;7-8H,1-4H3;5-6H,1-4H3,(H,8,9);5-6H,1-4H3;5-6H,1-4H3;5-7H,1-4H3;5-6H,1-4H3,(H,7,8);5-6H,1-4H3,(H,7,11);5-6H,1-4H3;5-6H,1-4H3;5-6H,1-4H3/p-2/b;6-5+;6-5-;6-5+;;6-5+;6-5-;;;;;;;;;;. The van der Waals surface area contributed by atoms with Crippen LogP contribution in [-0.4, -0.2) is 123 Å². The van der Waals surface area contributed by atoms with Crippen molar-refractivity contribution < 1.29 is 75.5 Å². The highest BCUT2D eigenvalue weighted by Gasteiger charge is 2.16. The van der Waals surface area contributed by atoms with Gasteiger partial charge in [-0.15, -0.1) is 11.8 Å². The Kier molecular flexibility index (Phi) is 148. The number of ether oxygens (including phenoxy) is 2. The SMILES string of the molecule is CC(C)/C=C/C(=O)C(C)C.CC(C)/C=C/C(C)C.CC(C)/C=C/CC(C)C.CC(C)/C=C\C(=O)C(C)C.CC(C)/C=C\C(C)C.CC(C)C#CC(C)C.CC(C)C(=O)C(C)C.CC(C)CC(=O)C(C)C.CC(C)CCC(=O)C(C)C.CC(C)NC(=O)C(C)C.CC(C)NC(C)C.CC(C)OC(=O)C(C)C.CC(C)OC(C)C.CC(C)OP(=O)([O-])OC(C)C.CC(C)OP([O-])(=S)OC(C)C.CC(C)SC(C)C.CC(C)SSC(C)C. The molecule has 0 rings (SSSR count). The Hall–Kier alpha value is -2.84. The molecule has 0 aromatic rings. The topological polar surface area (TPSA) is 262 Å². The van der Waals surface area contributed by atoms with Gasteiger partial charge in [-0.05, 0) is 205 Å². The van der Waals surface area contributed by atoms with Crippen LogP contribution < -0.4 is 20.4 Å². The van der Waals surface area contributed by atoms with Gasteiger partial charge in [-0.2, -0.15) is 11.8 Å². The zero-order chi connectivity index (χ0) is 123. The zero-order valence-corrected chi connectivity index (χ0v) is 116. The van der Waals surface area contributed by atoms with Crippen molar-refractivity contribution in [3.8, 4) is 11.8 Å². The lowest BCUT2D eigenvalue weighted by Crippen LogP contribution is -2.33. The maximum atomic E-state index is 11.2. The first-order valence-electron chi connectivity index (χ1n) is 56.8. The van der Waals surface area contributed by atoms with Crippen molar-refractivity contribution in [2.45, 2.75) is 578 Å². The molecule has 0 saturated heterocycles. The summed E-state index contributed by atoms with van der Waals surface area (Å²) in [7, 11) is -0.143. The summed E-state index contributed by atoms with van der Waals surface area (Å²) < 4.78 is 39.8. The van der Waals surface area contributed by atoms with Crippen molar-refractivity contribution in [3.63, 3.8) is 0 Å². The zero-order valence-electron chi connectivity index (χ0n) is 111. The lowest BCUT2D eigenvalue weighted by atomic mass is 9.99. The first kappa shape index (κ1) is 185. The highest BCUT2D eigenvalue weighted by atomic mass is 33.1. The first-order valence-corrected chi connectivity index (χ1v) is 64.0. The quantitative estimate of drug-likeness (QED) is 0.0143. The molecule has 0 spiro atoms. The fourth-order valence-electron chi connectivity index (χ4n) is 8.71. The molecule has 2 N–H and O–H groups in total. The number of phosphoric acid groups is 1. The molecule has 0 radical (unpaired) electrons. The van der Waals surface area contributed by atoms with Crippen LogP contribution in [0.2, 0.25) is 0 Å². The molecule has 0 aliphatic heterocycles. The molecular formula is C125H258N2O16P2S4-2. The third-order valence-electron chi connectivity index (χ3n) is 15.3. The smallest absolute Gasteiger partial charge is 0.308 e. The molecule has 0 heterocycles. The number of hydrogen-bond donors (Lipinski definition) is 2. The minimum Gasteiger partial charge on any atom is -0.780 e. The monoisotopic (exact) mass is 2230 g/mol. The van der Waals surface area contributed by atoms with Gasteiger partial charge in [0.2, 0.25) is 5.91 Å². The van der Waals surface area contributed by atoms with E-state index < -0.39 is 14.5 Å². The Morgan fingerprint density at radius 2 is 0.604 bits per heavy atom. The average molecular weight is 2240 g/mol. The Morgan fingerprint density at radius 1 is 0.315 bits per heavy atom. The van der Waals surface area contributed by atoms with Crippen LogP contribution >= 0.6 is 47.9 Å². The molecule has 18 nitrogen and oxygen atoms in total. The molecule has 0 atom stereocenters. The van der Waals surface area contributed by atoms with Gasteiger partial charge in [0, 0.05) is 94.7 Å². The van der Waals surface area contributed by atoms with Crippen LogP contribution in [0, 0.1) is 130 Å². The predicted octanol–water partition coefficient (Wildman–Crippen LogP) is 37.3. The van der Waals surface area contributed by atoms with Crippen LogP contribution in [0.15, 0.2) is 60.8 Å². The van der Waals surface area contributed by atoms with Gasteiger partial charge in [-0.1, -0.05) is 442 Å². The lowest BCUT2D eigenvalue weighted by molar-refractivity contribution is -0.231. The van der Waals surface area contributed by atoms with E-state index in [1.54, 1.807) is 67.5 Å². The largest absolute Gasteiger partial charge is 0.780 e. The van der Waals surface area contributed by atoms with E-state index >= 15 is 0 Å². The van der Waals surface area contributed by atoms with Gasteiger partial charge in [0.15, 0.2) is 11.6 Å². The fourth-order valence-corrected chi connectivity index (χ4v) is 14.8. The molecule has 0 aliphatic rings. The molecule has 900 valence electrons. The number of esters is 1. The highest BCUT2D eigenvalue weighted by molar-refractivity contribution is 8.77. The number of nitrogens with one attached hydrogen (secondary N) is 2. The van der Waals surface area contributed by atoms with E-state index in [1.165, 1.54) is 6.42 Å². The minimum atomic E-state index is -4.05. The molecule has 0 bridgehead atoms. The number of amides is 1. The molecule has 0 unspecified atom stereocenters. The van der Waals surface area contributed by atoms with Gasteiger partial charge < -0.3 is 48.0 Å². The second kappa shape index (κ2) is 119. The summed E-state index contributed by atoms with van der Waals surface area (Å²) in [5, 5.41) is 9.22. The lowest BCUT2D eigenvalue weighted by Gasteiger charge is -2.30. The van der Waals surface area contributed by atoms with Crippen LogP contribution in [0.1, 0.15) is 496 Å². The number of Topliss-reactive ketones (excluding diaryl/α,β-unsaturated/α-hetero) is 3. The fraction of sp³-hybridized carbons (Fsp3) is 0.848. The summed E-state index contributed by atoms with van der Waals surface area (Å²) in [5.41, 5.74) is 0. The van der Waals surface area contributed by atoms with E-state index in [-0.39, 0.29) is 107 Å². The Bertz CT molecular complexity index is 3000. The van der Waals surface area contributed by atoms with Gasteiger partial charge >= 0.3 is 5.97 Å². The Labute approximate surface area is 949 Å². The molecule has 149 heavy (non-hydrogen) atoms. The highest BCUT2D eigenvalue weighted by Crippen LogP contribution is 2.42. The Balaban J connectivity index is -0.0000000830. The van der Waals surface area contributed by atoms with Gasteiger partial charge in [0.05, 0.1) is 48.6 Å². The normalized spacial score (nSPS) is 11.5. The van der Waals surface area contributed by atoms with E-state index in [9.17, 15) is 47.9 Å². The molecule has 0 aromatic heterocycles. The van der Waals surface area contributed by atoms with Gasteiger partial charge in [-0.25, -0.2) is 0 Å². The van der Waals surface area contributed by atoms with Gasteiger partial charge in [0.1, 0.15) is 24.1 Å². The number of hydrogen-bond acceptors (Lipinski definition) is 21. The number of thioether (sulfide) groups is 1. The second-order valence-corrected chi connectivity index (χ2v) is 57.2. The summed E-state index contributed by atoms with van der Waals surface area (Å²) in [6.45, 7) is 135. The number of ketones is 5. The van der Waals surface area contributed by atoms with Crippen LogP contribution in [-0.2, 0) is 77.5 Å². The summed E-state index contributed by atoms with van der Waals surface area (Å²) in [5.74, 6) is 16.5. The van der Waals surface area contributed by atoms with Crippen molar-refractivity contribution in [2.75, 3.05) is 0 Å². The third kappa shape index (κ3) is 228. The summed E-state index contributed by atoms with van der Waals surface area (Å²) in [6.07, 6.45) is 24.2. The summed E-state index contributed by atoms with van der Waals surface area (Å²) >= 11 is 6.62. The number of allylic oxidation sites excluding steroid dienone is 10. The van der Waals surface area contributed by atoms with E-state index in [2.05, 4.69) is 329 Å². The van der Waals surface area contributed by atoms with E-state index in [0.29, 0.717) is 107 Å². The summed E-state index contributed by atoms with van der Waals surface area (Å²) in [6, 6.07) is 1.51. The van der Waals surface area contributed by atoms with Crippen molar-refractivity contribution in [2.24, 2.45) is 118 Å². The van der Waals surface area contributed by atoms with Crippen LogP contribution in [0.4, 0.5) is 0 Å². The van der Waals surface area contributed by atoms with Crippen molar-refractivity contribution in [3.05, 3.63) is 60.8 Å². The molecule has 0 fully saturated rings. The Morgan fingerprint density at radius 3 is 0.732 bits per heavy atom. The van der Waals surface area contributed by atoms with Gasteiger partial charge in [0.25, 0.3) is 7.82 Å². The van der Waals surface area contributed by atoms with Gasteiger partial charge in [-0.3, -0.25) is 38.1 Å². The van der Waals surface area contributed by atoms with Crippen LogP contribution in [0.3, 0.4) is 0 Å². The maximum Gasteiger partial charge on any atom is 0.308 e. The number of carbonyl (C=O) groups is 7. The first-order chi connectivity index (χ1) is 66.9. The van der Waals surface area contributed by atoms with Crippen molar-refractivity contribution >= 4 is 100 Å². The number of rotatable bonds is 43.